The molecule has 5 nitrogen and oxygen atoms in total. The predicted molar refractivity (Wildman–Crippen MR) is 105 cm³/mol. The van der Waals surface area contributed by atoms with E-state index >= 15 is 0 Å². The van der Waals surface area contributed by atoms with Crippen molar-refractivity contribution in [2.45, 2.75) is 40.8 Å². The summed E-state index contributed by atoms with van der Waals surface area (Å²) in [6.07, 6.45) is 0. The minimum absolute atomic E-state index is 0.0172. The number of rotatable bonds is 1. The van der Waals surface area contributed by atoms with Gasteiger partial charge in [0.25, 0.3) is 0 Å². The number of hydrogen-bond donors (Lipinski definition) is 0. The second-order valence-electron chi connectivity index (χ2n) is 5.88. The second-order valence-corrected chi connectivity index (χ2v) is 5.88. The molecule has 134 valence electrons. The van der Waals surface area contributed by atoms with Crippen LogP contribution in [0.1, 0.15) is 33.3 Å². The number of fused-ring (bicyclic) bond motifs is 5. The van der Waals surface area contributed by atoms with Gasteiger partial charge < -0.3 is 4.90 Å². The van der Waals surface area contributed by atoms with Crippen LogP contribution in [-0.2, 0) is 17.9 Å². The summed E-state index contributed by atoms with van der Waals surface area (Å²) < 4.78 is 1.92. The Morgan fingerprint density at radius 3 is 2.38 bits per heavy atom. The Balaban J connectivity index is 0.000000948. The molecule has 0 atom stereocenters. The first kappa shape index (κ1) is 17.9. The van der Waals surface area contributed by atoms with Gasteiger partial charge in [0, 0.05) is 24.6 Å². The van der Waals surface area contributed by atoms with Gasteiger partial charge in [0.1, 0.15) is 5.69 Å². The number of benzene rings is 2. The molecule has 1 aromatic heterocycles. The average molecular weight is 348 g/mol. The van der Waals surface area contributed by atoms with E-state index in [1.54, 1.807) is 6.92 Å². The Bertz CT molecular complexity index is 929. The number of amides is 1. The van der Waals surface area contributed by atoms with Crippen molar-refractivity contribution in [1.82, 2.24) is 15.0 Å². The maximum absolute atomic E-state index is 12.3. The summed E-state index contributed by atoms with van der Waals surface area (Å²) in [7, 11) is 0. The van der Waals surface area contributed by atoms with Gasteiger partial charge in [-0.05, 0) is 18.6 Å². The molecule has 0 spiro atoms. The van der Waals surface area contributed by atoms with E-state index < -0.39 is 0 Å². The topological polar surface area (TPSA) is 51.0 Å². The van der Waals surface area contributed by atoms with E-state index in [4.69, 9.17) is 0 Å². The third-order valence-electron chi connectivity index (χ3n) is 4.47. The van der Waals surface area contributed by atoms with E-state index in [-0.39, 0.29) is 5.91 Å². The zero-order chi connectivity index (χ0) is 18.7. The van der Waals surface area contributed by atoms with Gasteiger partial charge in [-0.25, -0.2) is 4.68 Å². The van der Waals surface area contributed by atoms with Gasteiger partial charge >= 0.3 is 0 Å². The van der Waals surface area contributed by atoms with E-state index in [0.29, 0.717) is 6.54 Å². The van der Waals surface area contributed by atoms with Crippen LogP contribution in [0.25, 0.3) is 22.5 Å². The van der Waals surface area contributed by atoms with E-state index in [1.807, 2.05) is 59.8 Å². The smallest absolute Gasteiger partial charge is 0.224 e. The maximum atomic E-state index is 12.3. The van der Waals surface area contributed by atoms with Crippen LogP contribution in [0.2, 0.25) is 0 Å². The van der Waals surface area contributed by atoms with Crippen LogP contribution in [0.15, 0.2) is 48.5 Å². The molecule has 0 aliphatic carbocycles. The number of hydrogen-bond acceptors (Lipinski definition) is 3. The number of para-hydroxylation sites is 1. The first-order valence-corrected chi connectivity index (χ1v) is 9.10. The molecule has 2 aromatic carbocycles. The van der Waals surface area contributed by atoms with Gasteiger partial charge in [-0.15, -0.1) is 5.10 Å². The Morgan fingerprint density at radius 1 is 1.04 bits per heavy atom. The van der Waals surface area contributed by atoms with Crippen molar-refractivity contribution in [2.75, 3.05) is 4.90 Å². The minimum atomic E-state index is 0.0172. The van der Waals surface area contributed by atoms with Gasteiger partial charge in [-0.3, -0.25) is 4.79 Å². The molecule has 3 aromatic rings. The molecule has 1 aliphatic rings. The number of carbonyl (C=O) groups is 1. The molecule has 0 unspecified atom stereocenters. The van der Waals surface area contributed by atoms with Crippen LogP contribution in [-0.4, -0.2) is 20.9 Å². The predicted octanol–water partition coefficient (Wildman–Crippen LogP) is 4.52. The third kappa shape index (κ3) is 2.90. The number of carbonyl (C=O) groups excluding carboxylic acids is 1. The summed E-state index contributed by atoms with van der Waals surface area (Å²) >= 11 is 0. The number of anilines is 1. The van der Waals surface area contributed by atoms with Crippen LogP contribution in [0, 0.1) is 0 Å². The molecular formula is C21H24N4O. The van der Waals surface area contributed by atoms with E-state index in [9.17, 15) is 4.79 Å². The lowest BCUT2D eigenvalue weighted by molar-refractivity contribution is -0.116. The van der Waals surface area contributed by atoms with Crippen LogP contribution < -0.4 is 4.90 Å². The van der Waals surface area contributed by atoms with Gasteiger partial charge in [0.15, 0.2) is 0 Å². The Morgan fingerprint density at radius 2 is 1.69 bits per heavy atom. The number of nitrogens with zero attached hydrogens (tertiary/aromatic N) is 4. The molecule has 4 rings (SSSR count). The number of aromatic nitrogens is 3. The van der Waals surface area contributed by atoms with Crippen molar-refractivity contribution >= 4 is 11.6 Å². The zero-order valence-corrected chi connectivity index (χ0v) is 15.7. The first-order valence-electron chi connectivity index (χ1n) is 9.10. The summed E-state index contributed by atoms with van der Waals surface area (Å²) in [4.78, 5) is 14.1. The molecule has 0 bridgehead atoms. The van der Waals surface area contributed by atoms with Crippen molar-refractivity contribution in [2.24, 2.45) is 0 Å². The van der Waals surface area contributed by atoms with Crippen molar-refractivity contribution in [1.29, 1.82) is 0 Å². The van der Waals surface area contributed by atoms with Gasteiger partial charge in [-0.1, -0.05) is 61.5 Å². The maximum Gasteiger partial charge on any atom is 0.224 e. The van der Waals surface area contributed by atoms with Crippen LogP contribution in [0.5, 0.6) is 0 Å². The third-order valence-corrected chi connectivity index (χ3v) is 4.47. The van der Waals surface area contributed by atoms with Crippen LogP contribution in [0.4, 0.5) is 5.69 Å². The van der Waals surface area contributed by atoms with Gasteiger partial charge in [0.2, 0.25) is 5.91 Å². The molecule has 26 heavy (non-hydrogen) atoms. The largest absolute Gasteiger partial charge is 0.308 e. The monoisotopic (exact) mass is 348 g/mol. The van der Waals surface area contributed by atoms with Crippen molar-refractivity contribution in [3.05, 3.63) is 54.1 Å². The standard InChI is InChI=1S/C19H18N4O.C2H6/c1-3-23-19-15-9-5-4-8-14(15)12-22(13(2)24)17-11-7-6-10-16(17)18(19)20-21-23;1-2/h4-11H,3,12H2,1-2H3;1-2H3. The molecule has 0 radical (unpaired) electrons. The molecule has 0 fully saturated rings. The SMILES string of the molecule is CC.CCn1nnc2c1-c1ccccc1CN(C(C)=O)c1ccccc1-2. The van der Waals surface area contributed by atoms with Crippen LogP contribution >= 0.6 is 0 Å². The van der Waals surface area contributed by atoms with E-state index in [0.717, 1.165) is 40.3 Å². The lowest BCUT2D eigenvalue weighted by Crippen LogP contribution is -2.29. The molecule has 1 amide bonds. The molecule has 1 aliphatic heterocycles. The van der Waals surface area contributed by atoms with Crippen molar-refractivity contribution in [3.8, 4) is 22.5 Å². The average Bonchev–Trinajstić information content (AvgIpc) is 3.10. The molecule has 5 heteroatoms. The fraction of sp³-hybridized carbons (Fsp3) is 0.286. The molecule has 2 heterocycles. The zero-order valence-electron chi connectivity index (χ0n) is 15.7. The Kier molecular flexibility index (Phi) is 5.16. The van der Waals surface area contributed by atoms with E-state index in [1.165, 1.54) is 0 Å². The van der Waals surface area contributed by atoms with Gasteiger partial charge in [0.05, 0.1) is 17.9 Å². The second kappa shape index (κ2) is 7.52. The van der Waals surface area contributed by atoms with Crippen LogP contribution in [0.3, 0.4) is 0 Å². The summed E-state index contributed by atoms with van der Waals surface area (Å²) in [5.41, 5.74) is 5.84. The first-order chi connectivity index (χ1) is 12.7. The molecule has 0 saturated carbocycles. The highest BCUT2D eigenvalue weighted by Gasteiger charge is 2.27. The lowest BCUT2D eigenvalue weighted by atomic mass is 9.95. The lowest BCUT2D eigenvalue weighted by Gasteiger charge is -2.27. The highest BCUT2D eigenvalue weighted by atomic mass is 16.2. The van der Waals surface area contributed by atoms with Gasteiger partial charge in [-0.2, -0.15) is 0 Å². The Hall–Kier alpha value is -2.95. The van der Waals surface area contributed by atoms with E-state index in [2.05, 4.69) is 29.4 Å². The minimum Gasteiger partial charge on any atom is -0.308 e. The highest BCUT2D eigenvalue weighted by Crippen LogP contribution is 2.40. The van der Waals surface area contributed by atoms with Crippen molar-refractivity contribution < 1.29 is 4.79 Å². The highest BCUT2D eigenvalue weighted by molar-refractivity contribution is 5.99. The summed E-state index contributed by atoms with van der Waals surface area (Å²) in [6.45, 7) is 8.95. The number of aryl methyl sites for hydroxylation is 1. The quantitative estimate of drug-likeness (QED) is 0.649. The Labute approximate surface area is 154 Å². The fourth-order valence-electron chi connectivity index (χ4n) is 3.32. The fourth-order valence-corrected chi connectivity index (χ4v) is 3.32. The molecular weight excluding hydrogens is 324 g/mol. The normalized spacial score (nSPS) is 11.9. The summed E-state index contributed by atoms with van der Waals surface area (Å²) in [5, 5.41) is 8.77. The molecule has 0 N–H and O–H groups in total. The summed E-state index contributed by atoms with van der Waals surface area (Å²) in [6, 6.07) is 16.1. The summed E-state index contributed by atoms with van der Waals surface area (Å²) in [5.74, 6) is 0.0172. The van der Waals surface area contributed by atoms with Crippen molar-refractivity contribution in [3.63, 3.8) is 0 Å². The molecule has 0 saturated heterocycles.